The Bertz CT molecular complexity index is 1430. The first-order valence-electron chi connectivity index (χ1n) is 12.8. The van der Waals surface area contributed by atoms with Crippen LogP contribution in [0, 0.1) is 5.82 Å². The van der Waals surface area contributed by atoms with E-state index in [0.717, 1.165) is 25.9 Å². The Morgan fingerprint density at radius 1 is 1.15 bits per heavy atom. The lowest BCUT2D eigenvalue weighted by Gasteiger charge is -2.32. The van der Waals surface area contributed by atoms with E-state index in [9.17, 15) is 17.6 Å². The highest BCUT2D eigenvalue weighted by molar-refractivity contribution is 7.89. The molecule has 0 unspecified atom stereocenters. The molecule has 0 spiro atoms. The van der Waals surface area contributed by atoms with Gasteiger partial charge in [0.05, 0.1) is 34.3 Å². The minimum absolute atomic E-state index is 0.000227. The number of benzene rings is 1. The molecule has 2 saturated heterocycles. The maximum Gasteiger partial charge on any atom is 0.261 e. The lowest BCUT2D eigenvalue weighted by atomic mass is 10.0. The molecule has 0 saturated carbocycles. The SMILES string of the molecule is O=C(NC1CCN(CCCS(=O)(=O)N2CCOCC2)CC1)c1cc2c(Nc3ccc(F)c(Cl)c3)ncnc2s1. The highest BCUT2D eigenvalue weighted by atomic mass is 35.5. The summed E-state index contributed by atoms with van der Waals surface area (Å²) in [5, 5.41) is 6.93. The maximum atomic E-state index is 13.5. The van der Waals surface area contributed by atoms with E-state index in [0.29, 0.717) is 65.9 Å². The summed E-state index contributed by atoms with van der Waals surface area (Å²) < 4.78 is 45.3. The van der Waals surface area contributed by atoms with Crippen LogP contribution in [0.15, 0.2) is 30.6 Å². The number of likely N-dealkylation sites (tertiary alicyclic amines) is 1. The van der Waals surface area contributed by atoms with Crippen LogP contribution >= 0.6 is 22.9 Å². The number of amides is 1. The molecule has 0 bridgehead atoms. The molecule has 10 nitrogen and oxygen atoms in total. The van der Waals surface area contributed by atoms with Crippen molar-refractivity contribution in [3.8, 4) is 0 Å². The first kappa shape index (κ1) is 28.1. The Kier molecular flexibility index (Phi) is 8.94. The van der Waals surface area contributed by atoms with Crippen LogP contribution in [0.25, 0.3) is 10.2 Å². The van der Waals surface area contributed by atoms with Crippen molar-refractivity contribution in [1.82, 2.24) is 24.5 Å². The van der Waals surface area contributed by atoms with E-state index in [1.807, 2.05) is 0 Å². The molecule has 0 radical (unpaired) electrons. The number of anilines is 2. The summed E-state index contributed by atoms with van der Waals surface area (Å²) in [5.74, 6) is -0.0263. The minimum Gasteiger partial charge on any atom is -0.379 e. The molecule has 39 heavy (non-hydrogen) atoms. The van der Waals surface area contributed by atoms with Crippen molar-refractivity contribution >= 4 is 60.6 Å². The number of sulfonamides is 1. The van der Waals surface area contributed by atoms with Crippen LogP contribution in [-0.4, -0.2) is 91.2 Å². The third-order valence-corrected chi connectivity index (χ3v) is 10.2. The quantitative estimate of drug-likeness (QED) is 0.386. The molecule has 1 aromatic carbocycles. The number of carbonyl (C=O) groups is 1. The van der Waals surface area contributed by atoms with Crippen LogP contribution in [-0.2, 0) is 14.8 Å². The van der Waals surface area contributed by atoms with E-state index in [-0.39, 0.29) is 22.7 Å². The number of carbonyl (C=O) groups excluding carboxylic acids is 1. The topological polar surface area (TPSA) is 117 Å². The summed E-state index contributed by atoms with van der Waals surface area (Å²) in [6, 6.07) is 6.10. The zero-order valence-electron chi connectivity index (χ0n) is 21.2. The molecule has 2 aliphatic heterocycles. The van der Waals surface area contributed by atoms with E-state index in [1.54, 1.807) is 12.1 Å². The molecule has 0 aliphatic carbocycles. The average Bonchev–Trinajstić information content (AvgIpc) is 3.38. The maximum absolute atomic E-state index is 13.5. The number of halogens is 2. The molecule has 3 aromatic rings. The fourth-order valence-electron chi connectivity index (χ4n) is 4.76. The molecule has 2 aromatic heterocycles. The van der Waals surface area contributed by atoms with Crippen molar-refractivity contribution in [2.75, 3.05) is 57.0 Å². The van der Waals surface area contributed by atoms with E-state index in [4.69, 9.17) is 16.3 Å². The van der Waals surface area contributed by atoms with Gasteiger partial charge < -0.3 is 20.3 Å². The number of hydrogen-bond donors (Lipinski definition) is 2. The number of nitrogens with one attached hydrogen (secondary N) is 2. The molecule has 1 amide bonds. The van der Waals surface area contributed by atoms with Gasteiger partial charge in [0.2, 0.25) is 10.0 Å². The van der Waals surface area contributed by atoms with Gasteiger partial charge in [-0.15, -0.1) is 11.3 Å². The largest absolute Gasteiger partial charge is 0.379 e. The van der Waals surface area contributed by atoms with Crippen molar-refractivity contribution in [2.24, 2.45) is 0 Å². The van der Waals surface area contributed by atoms with Crippen LogP contribution in [0.1, 0.15) is 28.9 Å². The molecule has 5 rings (SSSR count). The first-order chi connectivity index (χ1) is 18.8. The molecule has 4 heterocycles. The predicted octanol–water partition coefficient (Wildman–Crippen LogP) is 3.47. The van der Waals surface area contributed by atoms with E-state index < -0.39 is 15.8 Å². The van der Waals surface area contributed by atoms with E-state index >= 15 is 0 Å². The van der Waals surface area contributed by atoms with Crippen molar-refractivity contribution < 1.29 is 22.3 Å². The van der Waals surface area contributed by atoms with Gasteiger partial charge in [-0.25, -0.2) is 22.8 Å². The molecule has 2 N–H and O–H groups in total. The lowest BCUT2D eigenvalue weighted by molar-refractivity contribution is 0.0730. The summed E-state index contributed by atoms with van der Waals surface area (Å²) in [4.78, 5) is 25.0. The van der Waals surface area contributed by atoms with Gasteiger partial charge in [-0.3, -0.25) is 4.79 Å². The molecule has 2 fully saturated rings. The van der Waals surface area contributed by atoms with Gasteiger partial charge in [0.15, 0.2) is 0 Å². The third-order valence-electron chi connectivity index (χ3n) is 6.90. The van der Waals surface area contributed by atoms with Crippen LogP contribution in [0.4, 0.5) is 15.9 Å². The number of morpholine rings is 1. The number of piperidine rings is 1. The van der Waals surface area contributed by atoms with Gasteiger partial charge in [0, 0.05) is 37.9 Å². The zero-order chi connectivity index (χ0) is 27.4. The fraction of sp³-hybridized carbons (Fsp3) is 0.480. The van der Waals surface area contributed by atoms with Crippen molar-refractivity contribution in [3.05, 3.63) is 46.3 Å². The molecule has 2 aliphatic rings. The normalized spacial score (nSPS) is 17.9. The lowest BCUT2D eigenvalue weighted by Crippen LogP contribution is -2.45. The Morgan fingerprint density at radius 3 is 2.67 bits per heavy atom. The Morgan fingerprint density at radius 2 is 1.92 bits per heavy atom. The van der Waals surface area contributed by atoms with Crippen LogP contribution in [0.2, 0.25) is 5.02 Å². The number of hydrogen-bond acceptors (Lipinski definition) is 9. The number of fused-ring (bicyclic) bond motifs is 1. The second kappa shape index (κ2) is 12.4. The summed E-state index contributed by atoms with van der Waals surface area (Å²) >= 11 is 7.17. The number of ether oxygens (including phenoxy) is 1. The minimum atomic E-state index is -3.24. The number of aromatic nitrogens is 2. The fourth-order valence-corrected chi connectivity index (χ4v) is 7.30. The van der Waals surface area contributed by atoms with Crippen molar-refractivity contribution in [2.45, 2.75) is 25.3 Å². The highest BCUT2D eigenvalue weighted by Crippen LogP contribution is 2.31. The molecular weight excluding hydrogens is 567 g/mol. The molecule has 14 heteroatoms. The molecule has 0 atom stereocenters. The van der Waals surface area contributed by atoms with Gasteiger partial charge in [-0.05, 0) is 50.1 Å². The van der Waals surface area contributed by atoms with Gasteiger partial charge in [-0.1, -0.05) is 11.6 Å². The van der Waals surface area contributed by atoms with Crippen LogP contribution in [0.3, 0.4) is 0 Å². The Hall–Kier alpha value is -2.42. The van der Waals surface area contributed by atoms with Gasteiger partial charge in [0.25, 0.3) is 5.91 Å². The summed E-state index contributed by atoms with van der Waals surface area (Å²) in [7, 11) is -3.24. The number of thiophene rings is 1. The summed E-state index contributed by atoms with van der Waals surface area (Å²) in [6.45, 7) is 4.09. The number of nitrogens with zero attached hydrogens (tertiary/aromatic N) is 4. The van der Waals surface area contributed by atoms with Crippen LogP contribution < -0.4 is 10.6 Å². The second-order valence-electron chi connectivity index (χ2n) is 9.58. The summed E-state index contributed by atoms with van der Waals surface area (Å²) in [5.41, 5.74) is 0.573. The second-order valence-corrected chi connectivity index (χ2v) is 13.1. The third kappa shape index (κ3) is 7.02. The highest BCUT2D eigenvalue weighted by Gasteiger charge is 2.26. The summed E-state index contributed by atoms with van der Waals surface area (Å²) in [6.07, 6.45) is 3.59. The van der Waals surface area contributed by atoms with Crippen LogP contribution in [0.5, 0.6) is 0 Å². The zero-order valence-corrected chi connectivity index (χ0v) is 23.6. The number of rotatable bonds is 9. The van der Waals surface area contributed by atoms with Gasteiger partial charge in [-0.2, -0.15) is 4.31 Å². The monoisotopic (exact) mass is 596 g/mol. The van der Waals surface area contributed by atoms with Gasteiger partial charge >= 0.3 is 0 Å². The van der Waals surface area contributed by atoms with Crippen molar-refractivity contribution in [1.29, 1.82) is 0 Å². The molecule has 210 valence electrons. The van der Waals surface area contributed by atoms with Crippen molar-refractivity contribution in [3.63, 3.8) is 0 Å². The van der Waals surface area contributed by atoms with E-state index in [2.05, 4.69) is 25.5 Å². The Labute approximate surface area is 235 Å². The molecular formula is C25H30ClFN6O4S2. The predicted molar refractivity (Wildman–Crippen MR) is 150 cm³/mol. The average molecular weight is 597 g/mol. The van der Waals surface area contributed by atoms with Gasteiger partial charge in [0.1, 0.15) is 22.8 Å². The smallest absolute Gasteiger partial charge is 0.261 e. The standard InChI is InChI=1S/C25H30ClFN6O4S2/c26-20-14-18(2-3-21(20)27)30-23-19-15-22(38-25(19)29-16-28-23)24(34)31-17-4-7-32(8-5-17)6-1-13-39(35,36)33-9-11-37-12-10-33/h2-3,14-17H,1,4-13H2,(H,31,34)(H,28,29,30). The Balaban J connectivity index is 1.11. The van der Waals surface area contributed by atoms with E-state index in [1.165, 1.54) is 34.1 Å². The first-order valence-corrected chi connectivity index (χ1v) is 15.6.